The second kappa shape index (κ2) is 7.09. The minimum absolute atomic E-state index is 0.0187. The van der Waals surface area contributed by atoms with E-state index in [1.54, 1.807) is 26.0 Å². The molecule has 30 heavy (non-hydrogen) atoms. The Balaban J connectivity index is 1.83. The lowest BCUT2D eigenvalue weighted by Gasteiger charge is -2.15. The maximum atomic E-state index is 15.1. The maximum Gasteiger partial charge on any atom is 0.356 e. The predicted molar refractivity (Wildman–Crippen MR) is 108 cm³/mol. The number of rotatable bonds is 4. The van der Waals surface area contributed by atoms with Gasteiger partial charge in [-0.25, -0.2) is 0 Å². The van der Waals surface area contributed by atoms with Gasteiger partial charge in [0.1, 0.15) is 5.75 Å². The van der Waals surface area contributed by atoms with Gasteiger partial charge < -0.3 is 23.7 Å². The highest BCUT2D eigenvalue weighted by Gasteiger charge is 2.23. The number of halogens is 2. The highest BCUT2D eigenvalue weighted by atomic mass is 31.2. The second-order valence-corrected chi connectivity index (χ2v) is 8.47. The van der Waals surface area contributed by atoms with Gasteiger partial charge in [0.2, 0.25) is 11.6 Å². The Hall–Kier alpha value is -2.93. The number of methoxy groups -OCH3 is 1. The number of ether oxygens (including phenoxy) is 2. The van der Waals surface area contributed by atoms with E-state index in [4.69, 9.17) is 13.9 Å². The molecule has 0 fully saturated rings. The smallest absolute Gasteiger partial charge is 0.356 e. The Morgan fingerprint density at radius 2 is 1.40 bits per heavy atom. The Labute approximate surface area is 169 Å². The molecule has 0 aliphatic rings. The highest BCUT2D eigenvalue weighted by molar-refractivity contribution is 7.60. The molecule has 0 saturated heterocycles. The molecule has 0 amide bonds. The molecule has 0 aliphatic carbocycles. The van der Waals surface area contributed by atoms with E-state index in [9.17, 15) is 18.7 Å². The molecule has 0 radical (unpaired) electrons. The van der Waals surface area contributed by atoms with Crippen LogP contribution in [0, 0.1) is 25.5 Å². The zero-order chi connectivity index (χ0) is 21.8. The summed E-state index contributed by atoms with van der Waals surface area (Å²) in [7, 11) is -3.11. The van der Waals surface area contributed by atoms with Gasteiger partial charge in [0.15, 0.2) is 22.7 Å². The summed E-state index contributed by atoms with van der Waals surface area (Å²) in [5.41, 5.74) is 0.553. The Kier molecular flexibility index (Phi) is 4.81. The average Bonchev–Trinajstić information content (AvgIpc) is 3.06. The van der Waals surface area contributed by atoms with Crippen molar-refractivity contribution in [3.05, 3.63) is 59.2 Å². The van der Waals surface area contributed by atoms with Crippen molar-refractivity contribution in [1.82, 2.24) is 0 Å². The zero-order valence-electron chi connectivity index (χ0n) is 16.2. The second-order valence-electron chi connectivity index (χ2n) is 6.87. The van der Waals surface area contributed by atoms with E-state index < -0.39 is 19.2 Å². The molecule has 1 aromatic heterocycles. The van der Waals surface area contributed by atoms with Gasteiger partial charge >= 0.3 is 7.60 Å². The maximum absolute atomic E-state index is 15.1. The lowest BCUT2D eigenvalue weighted by molar-refractivity contribution is 0.385. The van der Waals surface area contributed by atoms with Crippen molar-refractivity contribution >= 4 is 34.8 Å². The van der Waals surface area contributed by atoms with E-state index in [1.807, 2.05) is 0 Å². The zero-order valence-corrected chi connectivity index (χ0v) is 17.1. The van der Waals surface area contributed by atoms with Gasteiger partial charge in [0.05, 0.1) is 12.4 Å². The summed E-state index contributed by atoms with van der Waals surface area (Å²) in [5, 5.41) is 0.622. The van der Waals surface area contributed by atoms with Crippen LogP contribution in [0.5, 0.6) is 17.2 Å². The van der Waals surface area contributed by atoms with Gasteiger partial charge in [-0.05, 0) is 61.4 Å². The molecule has 0 saturated carbocycles. The van der Waals surface area contributed by atoms with Crippen molar-refractivity contribution < 1.29 is 37.0 Å². The van der Waals surface area contributed by atoms with E-state index in [2.05, 4.69) is 0 Å². The first-order chi connectivity index (χ1) is 14.1. The normalized spacial score (nSPS) is 12.0. The summed E-state index contributed by atoms with van der Waals surface area (Å²) in [4.78, 5) is 18.7. The number of hydrogen-bond donors (Lipinski definition) is 2. The van der Waals surface area contributed by atoms with Crippen LogP contribution in [0.3, 0.4) is 0 Å². The monoisotopic (exact) mass is 434 g/mol. The molecule has 6 nitrogen and oxygen atoms in total. The van der Waals surface area contributed by atoms with E-state index in [0.29, 0.717) is 21.9 Å². The quantitative estimate of drug-likeness (QED) is 0.435. The largest absolute Gasteiger partial charge is 0.494 e. The summed E-state index contributed by atoms with van der Waals surface area (Å²) in [6, 6.07) is 8.55. The highest BCUT2D eigenvalue weighted by Crippen LogP contribution is 2.41. The van der Waals surface area contributed by atoms with Crippen LogP contribution in [0.2, 0.25) is 0 Å². The molecule has 0 spiro atoms. The summed E-state index contributed by atoms with van der Waals surface area (Å²) in [6.07, 6.45) is 0. The SMILES string of the molecule is COc1ccc2c(oc3c(F)c(Oc4c(C)cc(P(=O)(O)O)cc4C)ccc32)c1F. The number of fused-ring (bicyclic) bond motifs is 3. The fourth-order valence-corrected chi connectivity index (χ4v) is 4.13. The molecule has 156 valence electrons. The minimum Gasteiger partial charge on any atom is -0.494 e. The molecule has 0 aliphatic heterocycles. The van der Waals surface area contributed by atoms with Crippen LogP contribution < -0.4 is 14.8 Å². The van der Waals surface area contributed by atoms with Crippen molar-refractivity contribution in [2.24, 2.45) is 0 Å². The van der Waals surface area contributed by atoms with Crippen LogP contribution in [0.25, 0.3) is 21.9 Å². The molecule has 4 rings (SSSR count). The van der Waals surface area contributed by atoms with Gasteiger partial charge in [-0.1, -0.05) is 0 Å². The van der Waals surface area contributed by atoms with Crippen LogP contribution in [0.1, 0.15) is 11.1 Å². The topological polar surface area (TPSA) is 89.1 Å². The van der Waals surface area contributed by atoms with Crippen LogP contribution >= 0.6 is 7.60 Å². The van der Waals surface area contributed by atoms with Crippen molar-refractivity contribution in [3.8, 4) is 17.2 Å². The van der Waals surface area contributed by atoms with Crippen LogP contribution in [-0.2, 0) is 4.57 Å². The third kappa shape index (κ3) is 3.23. The van der Waals surface area contributed by atoms with Gasteiger partial charge in [-0.15, -0.1) is 0 Å². The third-order valence-electron chi connectivity index (χ3n) is 4.83. The average molecular weight is 434 g/mol. The molecular formula is C21H17F2O6P. The predicted octanol–water partition coefficient (Wildman–Crippen LogP) is 5.08. The number of hydrogen-bond acceptors (Lipinski definition) is 4. The summed E-state index contributed by atoms with van der Waals surface area (Å²) in [5.74, 6) is -1.47. The van der Waals surface area contributed by atoms with Crippen LogP contribution in [0.15, 0.2) is 40.8 Å². The first-order valence-corrected chi connectivity index (χ1v) is 10.5. The van der Waals surface area contributed by atoms with Crippen molar-refractivity contribution in [3.63, 3.8) is 0 Å². The first kappa shape index (κ1) is 20.3. The number of furan rings is 1. The lowest BCUT2D eigenvalue weighted by Crippen LogP contribution is -2.07. The summed E-state index contributed by atoms with van der Waals surface area (Å²) >= 11 is 0. The van der Waals surface area contributed by atoms with Gasteiger partial charge in [0, 0.05) is 10.8 Å². The summed E-state index contributed by atoms with van der Waals surface area (Å²) in [6.45, 7) is 3.20. The van der Waals surface area contributed by atoms with Crippen molar-refractivity contribution in [1.29, 1.82) is 0 Å². The Bertz CT molecular complexity index is 1330. The van der Waals surface area contributed by atoms with E-state index in [-0.39, 0.29) is 33.7 Å². The number of aryl methyl sites for hydroxylation is 2. The molecule has 3 aromatic carbocycles. The van der Waals surface area contributed by atoms with Crippen LogP contribution in [0.4, 0.5) is 8.78 Å². The minimum atomic E-state index is -4.44. The molecule has 4 aromatic rings. The molecule has 2 N–H and O–H groups in total. The fraction of sp³-hybridized carbons (Fsp3) is 0.143. The molecular weight excluding hydrogens is 417 g/mol. The van der Waals surface area contributed by atoms with Crippen LogP contribution in [-0.4, -0.2) is 16.9 Å². The van der Waals surface area contributed by atoms with E-state index >= 15 is 4.39 Å². The molecule has 0 bridgehead atoms. The van der Waals surface area contributed by atoms with Gasteiger partial charge in [-0.3, -0.25) is 4.57 Å². The van der Waals surface area contributed by atoms with Crippen molar-refractivity contribution in [2.45, 2.75) is 13.8 Å². The first-order valence-electron chi connectivity index (χ1n) is 8.84. The van der Waals surface area contributed by atoms with E-state index in [0.717, 1.165) is 0 Å². The molecule has 9 heteroatoms. The lowest BCUT2D eigenvalue weighted by atomic mass is 10.1. The molecule has 0 atom stereocenters. The fourth-order valence-electron chi connectivity index (χ4n) is 3.40. The van der Waals surface area contributed by atoms with Gasteiger partial charge in [-0.2, -0.15) is 8.78 Å². The Morgan fingerprint density at radius 3 is 1.90 bits per heavy atom. The standard InChI is InChI=1S/C21H17F2O6P/c1-10-8-12(30(24,25)26)9-11(2)19(10)28-16-7-5-14-13-4-6-15(27-3)17(22)20(13)29-21(14)18(16)23/h4-9H,1-3H3,(H2,24,25,26). The number of benzene rings is 3. The molecule has 0 unspecified atom stereocenters. The molecule has 1 heterocycles. The van der Waals surface area contributed by atoms with E-state index in [1.165, 1.54) is 31.4 Å². The Morgan fingerprint density at radius 1 is 0.900 bits per heavy atom. The van der Waals surface area contributed by atoms with Crippen molar-refractivity contribution in [2.75, 3.05) is 7.11 Å². The third-order valence-corrected chi connectivity index (χ3v) is 5.76. The van der Waals surface area contributed by atoms with Gasteiger partial charge in [0.25, 0.3) is 0 Å². The summed E-state index contributed by atoms with van der Waals surface area (Å²) < 4.78 is 57.2.